The molecule has 0 spiro atoms. The van der Waals surface area contributed by atoms with E-state index >= 15 is 0 Å². The van der Waals surface area contributed by atoms with Crippen LogP contribution in [0.5, 0.6) is 0 Å². The Morgan fingerprint density at radius 1 is 1.41 bits per heavy atom. The summed E-state index contributed by atoms with van der Waals surface area (Å²) < 4.78 is 27.3. The Morgan fingerprint density at radius 2 is 2.00 bits per heavy atom. The van der Waals surface area contributed by atoms with E-state index in [1.165, 1.54) is 0 Å². The van der Waals surface area contributed by atoms with Crippen molar-refractivity contribution in [2.45, 2.75) is 13.3 Å². The van der Waals surface area contributed by atoms with E-state index in [4.69, 9.17) is 0 Å². The van der Waals surface area contributed by atoms with Gasteiger partial charge in [0, 0.05) is 13.1 Å². The number of anilines is 1. The third-order valence-electron chi connectivity index (χ3n) is 2.95. The maximum atomic E-state index is 13.7. The fraction of sp³-hybridized carbons (Fsp3) is 0.455. The molecule has 0 amide bonds. The zero-order valence-electron chi connectivity index (χ0n) is 9.32. The minimum Gasteiger partial charge on any atom is -0.367 e. The molecule has 0 saturated carbocycles. The van der Waals surface area contributed by atoms with E-state index < -0.39 is 22.2 Å². The van der Waals surface area contributed by atoms with Crippen molar-refractivity contribution in [3.8, 4) is 0 Å². The first kappa shape index (κ1) is 11.8. The number of halogens is 2. The van der Waals surface area contributed by atoms with Crippen molar-refractivity contribution in [3.05, 3.63) is 33.9 Å². The summed E-state index contributed by atoms with van der Waals surface area (Å²) in [5, 5.41) is 10.4. The summed E-state index contributed by atoms with van der Waals surface area (Å²) in [6.07, 6.45) is 0.871. The van der Waals surface area contributed by atoms with Crippen molar-refractivity contribution < 1.29 is 13.7 Å². The highest BCUT2D eigenvalue weighted by Gasteiger charge is 2.26. The van der Waals surface area contributed by atoms with E-state index in [9.17, 15) is 18.9 Å². The van der Waals surface area contributed by atoms with Gasteiger partial charge in [0.15, 0.2) is 11.6 Å². The van der Waals surface area contributed by atoms with Gasteiger partial charge < -0.3 is 4.90 Å². The Balaban J connectivity index is 2.38. The predicted octanol–water partition coefficient (Wildman–Crippen LogP) is 2.72. The molecule has 1 aliphatic heterocycles. The van der Waals surface area contributed by atoms with E-state index in [-0.39, 0.29) is 5.69 Å². The first-order chi connectivity index (χ1) is 7.99. The minimum absolute atomic E-state index is 0.153. The molecule has 1 aliphatic rings. The summed E-state index contributed by atoms with van der Waals surface area (Å²) in [6, 6.07) is 1.53. The monoisotopic (exact) mass is 242 g/mol. The standard InChI is InChI=1S/C11H12F2N2O2/c1-7-2-3-14(6-7)11-9(12)4-8(15(16)17)5-10(11)13/h4-5,7H,2-3,6H2,1H3. The molecule has 0 aromatic heterocycles. The molecule has 0 N–H and O–H groups in total. The lowest BCUT2D eigenvalue weighted by molar-refractivity contribution is -0.385. The summed E-state index contributed by atoms with van der Waals surface area (Å²) in [6.45, 7) is 3.15. The molecule has 1 aromatic carbocycles. The van der Waals surface area contributed by atoms with Crippen LogP contribution in [0.3, 0.4) is 0 Å². The third kappa shape index (κ3) is 2.20. The molecular formula is C11H12F2N2O2. The number of non-ortho nitro benzene ring substituents is 1. The molecule has 0 radical (unpaired) electrons. The van der Waals surface area contributed by atoms with Crippen molar-refractivity contribution in [3.63, 3.8) is 0 Å². The van der Waals surface area contributed by atoms with Crippen molar-refractivity contribution in [2.24, 2.45) is 5.92 Å². The summed E-state index contributed by atoms with van der Waals surface area (Å²) >= 11 is 0. The van der Waals surface area contributed by atoms with Crippen LogP contribution >= 0.6 is 0 Å². The molecule has 1 heterocycles. The number of benzene rings is 1. The van der Waals surface area contributed by atoms with Gasteiger partial charge in [0.2, 0.25) is 0 Å². The largest absolute Gasteiger partial charge is 0.367 e. The van der Waals surface area contributed by atoms with Gasteiger partial charge in [0.1, 0.15) is 5.69 Å². The highest BCUT2D eigenvalue weighted by atomic mass is 19.1. The van der Waals surface area contributed by atoms with Crippen molar-refractivity contribution in [1.29, 1.82) is 0 Å². The molecule has 17 heavy (non-hydrogen) atoms. The zero-order chi connectivity index (χ0) is 12.6. The SMILES string of the molecule is CC1CCN(c2c(F)cc([N+](=O)[O-])cc2F)C1. The van der Waals surface area contributed by atoms with E-state index in [1.807, 2.05) is 6.92 Å². The number of nitro groups is 1. The zero-order valence-corrected chi connectivity index (χ0v) is 9.32. The molecule has 0 aliphatic carbocycles. The Labute approximate surface area is 97.0 Å². The van der Waals surface area contributed by atoms with E-state index in [1.54, 1.807) is 4.90 Å². The predicted molar refractivity (Wildman–Crippen MR) is 59.0 cm³/mol. The van der Waals surface area contributed by atoms with Gasteiger partial charge >= 0.3 is 0 Å². The van der Waals surface area contributed by atoms with Gasteiger partial charge in [-0.3, -0.25) is 10.1 Å². The third-order valence-corrected chi connectivity index (χ3v) is 2.95. The summed E-state index contributed by atoms with van der Waals surface area (Å²) in [7, 11) is 0. The lowest BCUT2D eigenvalue weighted by Crippen LogP contribution is -2.21. The molecule has 0 bridgehead atoms. The second-order valence-corrected chi connectivity index (χ2v) is 4.35. The maximum Gasteiger partial charge on any atom is 0.275 e. The van der Waals surface area contributed by atoms with Crippen molar-refractivity contribution in [1.82, 2.24) is 0 Å². The second-order valence-electron chi connectivity index (χ2n) is 4.35. The van der Waals surface area contributed by atoms with Gasteiger partial charge in [-0.15, -0.1) is 0 Å². The normalized spacial score (nSPS) is 19.7. The minimum atomic E-state index is -0.870. The van der Waals surface area contributed by atoms with Crippen LogP contribution in [0.1, 0.15) is 13.3 Å². The van der Waals surface area contributed by atoms with E-state index in [0.717, 1.165) is 18.6 Å². The van der Waals surface area contributed by atoms with Crippen LogP contribution in [-0.2, 0) is 0 Å². The average Bonchev–Trinajstić information content (AvgIpc) is 2.63. The Kier molecular flexibility index (Phi) is 2.95. The van der Waals surface area contributed by atoms with Gasteiger partial charge in [-0.05, 0) is 12.3 Å². The molecule has 1 fully saturated rings. The molecular weight excluding hydrogens is 230 g/mol. The van der Waals surface area contributed by atoms with Gasteiger partial charge in [-0.1, -0.05) is 6.92 Å². The highest BCUT2D eigenvalue weighted by molar-refractivity contribution is 5.54. The molecule has 2 rings (SSSR count). The molecule has 4 nitrogen and oxygen atoms in total. The average molecular weight is 242 g/mol. The second kappa shape index (κ2) is 4.27. The first-order valence-electron chi connectivity index (χ1n) is 5.37. The van der Waals surface area contributed by atoms with Crippen LogP contribution < -0.4 is 4.90 Å². The summed E-state index contributed by atoms with van der Waals surface area (Å²) in [5.74, 6) is -1.36. The fourth-order valence-corrected chi connectivity index (χ4v) is 2.10. The molecule has 1 atom stereocenters. The van der Waals surface area contributed by atoms with Crippen LogP contribution in [-0.4, -0.2) is 18.0 Å². The molecule has 1 aromatic rings. The lowest BCUT2D eigenvalue weighted by Gasteiger charge is -2.19. The first-order valence-corrected chi connectivity index (χ1v) is 5.37. The van der Waals surface area contributed by atoms with Crippen molar-refractivity contribution in [2.75, 3.05) is 18.0 Å². The molecule has 1 saturated heterocycles. The van der Waals surface area contributed by atoms with Crippen LogP contribution in [0.2, 0.25) is 0 Å². The molecule has 92 valence electrons. The smallest absolute Gasteiger partial charge is 0.275 e. The van der Waals surface area contributed by atoms with Crippen LogP contribution in [0.25, 0.3) is 0 Å². The summed E-state index contributed by atoms with van der Waals surface area (Å²) in [4.78, 5) is 11.2. The highest BCUT2D eigenvalue weighted by Crippen LogP contribution is 2.31. The van der Waals surface area contributed by atoms with Gasteiger partial charge in [-0.25, -0.2) is 8.78 Å². The number of hydrogen-bond acceptors (Lipinski definition) is 3. The molecule has 1 unspecified atom stereocenters. The van der Waals surface area contributed by atoms with E-state index in [2.05, 4.69) is 0 Å². The number of hydrogen-bond donors (Lipinski definition) is 0. The number of nitro benzene ring substituents is 1. The van der Waals surface area contributed by atoms with Gasteiger partial charge in [-0.2, -0.15) is 0 Å². The number of rotatable bonds is 2. The van der Waals surface area contributed by atoms with Gasteiger partial charge in [0.05, 0.1) is 17.1 Å². The van der Waals surface area contributed by atoms with Crippen molar-refractivity contribution >= 4 is 11.4 Å². The van der Waals surface area contributed by atoms with Crippen LogP contribution in [0.4, 0.5) is 20.2 Å². The maximum absolute atomic E-state index is 13.7. The Morgan fingerprint density at radius 3 is 2.41 bits per heavy atom. The van der Waals surface area contributed by atoms with Gasteiger partial charge in [0.25, 0.3) is 5.69 Å². The fourth-order valence-electron chi connectivity index (χ4n) is 2.10. The summed E-state index contributed by atoms with van der Waals surface area (Å²) in [5.41, 5.74) is -0.712. The van der Waals surface area contributed by atoms with Crippen LogP contribution in [0.15, 0.2) is 12.1 Å². The van der Waals surface area contributed by atoms with Crippen LogP contribution in [0, 0.1) is 27.7 Å². The Hall–Kier alpha value is -1.72. The van der Waals surface area contributed by atoms with E-state index in [0.29, 0.717) is 19.0 Å². The lowest BCUT2D eigenvalue weighted by atomic mass is 10.2. The number of nitrogens with zero attached hydrogens (tertiary/aromatic N) is 2. The Bertz CT molecular complexity index is 442. The quantitative estimate of drug-likeness (QED) is 0.591. The topological polar surface area (TPSA) is 46.4 Å². The molecule has 6 heteroatoms.